The van der Waals surface area contributed by atoms with Crippen LogP contribution in [-0.2, 0) is 6.42 Å². The van der Waals surface area contributed by atoms with Crippen molar-refractivity contribution in [1.29, 1.82) is 0 Å². The van der Waals surface area contributed by atoms with Gasteiger partial charge in [0.05, 0.1) is 6.67 Å². The summed E-state index contributed by atoms with van der Waals surface area (Å²) in [5, 5.41) is 3.27. The number of nitrogens with one attached hydrogen (secondary N) is 1. The zero-order chi connectivity index (χ0) is 13.0. The van der Waals surface area contributed by atoms with E-state index in [-0.39, 0.29) is 6.67 Å². The van der Waals surface area contributed by atoms with Crippen molar-refractivity contribution < 1.29 is 4.39 Å². The predicted molar refractivity (Wildman–Crippen MR) is 75.0 cm³/mol. The highest BCUT2D eigenvalue weighted by atomic mass is 19.1. The first-order chi connectivity index (χ1) is 8.76. The van der Waals surface area contributed by atoms with Gasteiger partial charge in [-0.05, 0) is 50.4 Å². The molecule has 1 unspecified atom stereocenters. The standard InChI is InChI=1S/C15H23FN2/c1-12(17-2)13-6-7-15-14(11-13)5-3-9-18(15)10-4-8-16/h6-7,11-12,17H,3-5,8-10H2,1-2H3. The van der Waals surface area contributed by atoms with Gasteiger partial charge in [-0.3, -0.25) is 4.39 Å². The van der Waals surface area contributed by atoms with E-state index >= 15 is 0 Å². The van der Waals surface area contributed by atoms with Crippen molar-refractivity contribution in [3.63, 3.8) is 0 Å². The highest BCUT2D eigenvalue weighted by molar-refractivity contribution is 5.57. The second-order valence-corrected chi connectivity index (χ2v) is 5.03. The molecule has 3 heteroatoms. The van der Waals surface area contributed by atoms with E-state index in [2.05, 4.69) is 35.3 Å². The average molecular weight is 250 g/mol. The Kier molecular flexibility index (Phi) is 4.59. The summed E-state index contributed by atoms with van der Waals surface area (Å²) in [7, 11) is 1.98. The molecule has 0 saturated heterocycles. The lowest BCUT2D eigenvalue weighted by Crippen LogP contribution is -2.30. The van der Waals surface area contributed by atoms with Crippen LogP contribution < -0.4 is 10.2 Å². The SMILES string of the molecule is CNC(C)c1ccc2c(c1)CCCN2CCCF. The van der Waals surface area contributed by atoms with Gasteiger partial charge in [-0.2, -0.15) is 0 Å². The number of fused-ring (bicyclic) bond motifs is 1. The number of aryl methyl sites for hydroxylation is 1. The molecule has 0 aromatic heterocycles. The molecule has 100 valence electrons. The van der Waals surface area contributed by atoms with Crippen LogP contribution in [0.2, 0.25) is 0 Å². The van der Waals surface area contributed by atoms with Crippen LogP contribution in [0.25, 0.3) is 0 Å². The van der Waals surface area contributed by atoms with Crippen LogP contribution in [0, 0.1) is 0 Å². The fourth-order valence-corrected chi connectivity index (χ4v) is 2.61. The molecule has 1 heterocycles. The van der Waals surface area contributed by atoms with E-state index in [0.717, 1.165) is 19.5 Å². The van der Waals surface area contributed by atoms with Crippen molar-refractivity contribution >= 4 is 5.69 Å². The Bertz CT molecular complexity index is 392. The molecule has 1 atom stereocenters. The monoisotopic (exact) mass is 250 g/mol. The lowest BCUT2D eigenvalue weighted by atomic mass is 9.97. The second-order valence-electron chi connectivity index (χ2n) is 5.03. The Hall–Kier alpha value is -1.09. The maximum atomic E-state index is 12.3. The fraction of sp³-hybridized carbons (Fsp3) is 0.600. The third kappa shape index (κ3) is 2.83. The molecular weight excluding hydrogens is 227 g/mol. The van der Waals surface area contributed by atoms with E-state index in [0.29, 0.717) is 12.5 Å². The van der Waals surface area contributed by atoms with Crippen LogP contribution in [0.5, 0.6) is 0 Å². The molecule has 1 N–H and O–H groups in total. The lowest BCUT2D eigenvalue weighted by Gasteiger charge is -2.32. The maximum Gasteiger partial charge on any atom is 0.0911 e. The average Bonchev–Trinajstić information content (AvgIpc) is 2.43. The molecule has 1 aromatic rings. The summed E-state index contributed by atoms with van der Waals surface area (Å²) in [5.74, 6) is 0. The maximum absolute atomic E-state index is 12.3. The van der Waals surface area contributed by atoms with Gasteiger partial charge in [0.1, 0.15) is 0 Å². The summed E-state index contributed by atoms with van der Waals surface area (Å²) >= 11 is 0. The summed E-state index contributed by atoms with van der Waals surface area (Å²) in [4.78, 5) is 2.33. The van der Waals surface area contributed by atoms with Gasteiger partial charge in [0.15, 0.2) is 0 Å². The van der Waals surface area contributed by atoms with Gasteiger partial charge in [-0.1, -0.05) is 12.1 Å². The van der Waals surface area contributed by atoms with E-state index in [9.17, 15) is 4.39 Å². The first-order valence-electron chi connectivity index (χ1n) is 6.87. The molecular formula is C15H23FN2. The predicted octanol–water partition coefficient (Wildman–Crippen LogP) is 3.08. The molecule has 0 spiro atoms. The summed E-state index contributed by atoms with van der Waals surface area (Å²) in [6.07, 6.45) is 2.95. The van der Waals surface area contributed by atoms with Gasteiger partial charge in [0.2, 0.25) is 0 Å². The van der Waals surface area contributed by atoms with Crippen molar-refractivity contribution in [1.82, 2.24) is 5.32 Å². The smallest absolute Gasteiger partial charge is 0.0911 e. The first-order valence-corrected chi connectivity index (χ1v) is 6.87. The van der Waals surface area contributed by atoms with E-state index in [1.165, 1.54) is 23.2 Å². The third-order valence-electron chi connectivity index (χ3n) is 3.81. The molecule has 2 rings (SSSR count). The molecule has 0 radical (unpaired) electrons. The van der Waals surface area contributed by atoms with Crippen molar-refractivity contribution in [3.8, 4) is 0 Å². The van der Waals surface area contributed by atoms with Crippen LogP contribution in [0.4, 0.5) is 10.1 Å². The zero-order valence-corrected chi connectivity index (χ0v) is 11.4. The molecule has 1 aliphatic rings. The van der Waals surface area contributed by atoms with Crippen molar-refractivity contribution in [3.05, 3.63) is 29.3 Å². The van der Waals surface area contributed by atoms with Gasteiger partial charge in [0.25, 0.3) is 0 Å². The second kappa shape index (κ2) is 6.19. The Morgan fingerprint density at radius 2 is 2.28 bits per heavy atom. The highest BCUT2D eigenvalue weighted by Gasteiger charge is 2.17. The molecule has 1 aliphatic heterocycles. The van der Waals surface area contributed by atoms with E-state index in [4.69, 9.17) is 0 Å². The Balaban J connectivity index is 2.19. The first kappa shape index (κ1) is 13.3. The Morgan fingerprint density at radius 1 is 1.44 bits per heavy atom. The fourth-order valence-electron chi connectivity index (χ4n) is 2.61. The number of halogens is 1. The summed E-state index contributed by atoms with van der Waals surface area (Å²) in [5.41, 5.74) is 4.06. The van der Waals surface area contributed by atoms with Gasteiger partial charge in [-0.15, -0.1) is 0 Å². The van der Waals surface area contributed by atoms with E-state index in [1.807, 2.05) is 7.05 Å². The number of hydrogen-bond donors (Lipinski definition) is 1. The zero-order valence-electron chi connectivity index (χ0n) is 11.4. The van der Waals surface area contributed by atoms with Crippen molar-refractivity contribution in [2.24, 2.45) is 0 Å². The number of anilines is 1. The number of hydrogen-bond acceptors (Lipinski definition) is 2. The van der Waals surface area contributed by atoms with Crippen LogP contribution in [0.3, 0.4) is 0 Å². The van der Waals surface area contributed by atoms with Gasteiger partial charge < -0.3 is 10.2 Å². The minimum absolute atomic E-state index is 0.222. The molecule has 18 heavy (non-hydrogen) atoms. The minimum Gasteiger partial charge on any atom is -0.371 e. The Labute approximate surface area is 109 Å². The van der Waals surface area contributed by atoms with E-state index < -0.39 is 0 Å². The topological polar surface area (TPSA) is 15.3 Å². The minimum atomic E-state index is -0.222. The van der Waals surface area contributed by atoms with Crippen LogP contribution in [0.1, 0.15) is 36.9 Å². The van der Waals surface area contributed by atoms with E-state index in [1.54, 1.807) is 0 Å². The van der Waals surface area contributed by atoms with Crippen molar-refractivity contribution in [2.75, 3.05) is 31.7 Å². The summed E-state index contributed by atoms with van der Waals surface area (Å²) in [6, 6.07) is 7.08. The Morgan fingerprint density at radius 3 is 3.00 bits per heavy atom. The summed E-state index contributed by atoms with van der Waals surface area (Å²) < 4.78 is 12.3. The van der Waals surface area contributed by atoms with Crippen LogP contribution >= 0.6 is 0 Å². The lowest BCUT2D eigenvalue weighted by molar-refractivity contribution is 0.469. The summed E-state index contributed by atoms with van der Waals surface area (Å²) in [6.45, 7) is 3.85. The van der Waals surface area contributed by atoms with Crippen LogP contribution in [0.15, 0.2) is 18.2 Å². The molecule has 1 aromatic carbocycles. The quantitative estimate of drug-likeness (QED) is 0.864. The molecule has 0 fully saturated rings. The van der Waals surface area contributed by atoms with Gasteiger partial charge >= 0.3 is 0 Å². The van der Waals surface area contributed by atoms with Gasteiger partial charge in [-0.25, -0.2) is 0 Å². The largest absolute Gasteiger partial charge is 0.371 e. The molecule has 0 bridgehead atoms. The number of nitrogens with zero attached hydrogens (tertiary/aromatic N) is 1. The van der Waals surface area contributed by atoms with Crippen LogP contribution in [-0.4, -0.2) is 26.8 Å². The number of benzene rings is 1. The molecule has 0 amide bonds. The number of alkyl halides is 1. The molecule has 2 nitrogen and oxygen atoms in total. The molecule has 0 saturated carbocycles. The highest BCUT2D eigenvalue weighted by Crippen LogP contribution is 2.29. The molecule has 0 aliphatic carbocycles. The van der Waals surface area contributed by atoms with Crippen molar-refractivity contribution in [2.45, 2.75) is 32.2 Å². The normalized spacial score (nSPS) is 16.5. The third-order valence-corrected chi connectivity index (χ3v) is 3.81. The van der Waals surface area contributed by atoms with Gasteiger partial charge in [0, 0.05) is 24.8 Å². The number of rotatable bonds is 5.